The van der Waals surface area contributed by atoms with Gasteiger partial charge in [-0.2, -0.15) is 0 Å². The highest BCUT2D eigenvalue weighted by molar-refractivity contribution is 5.72. The second-order valence-electron chi connectivity index (χ2n) is 4.23. The van der Waals surface area contributed by atoms with E-state index in [9.17, 15) is 9.59 Å². The fourth-order valence-corrected chi connectivity index (χ4v) is 1.93. The van der Waals surface area contributed by atoms with Crippen LogP contribution in [0.5, 0.6) is 0 Å². The van der Waals surface area contributed by atoms with Crippen LogP contribution in [0.2, 0.25) is 0 Å². The second-order valence-corrected chi connectivity index (χ2v) is 4.23. The van der Waals surface area contributed by atoms with Gasteiger partial charge in [-0.1, -0.05) is 43.8 Å². The first-order valence-corrected chi connectivity index (χ1v) is 6.42. The fourth-order valence-electron chi connectivity index (χ4n) is 1.93. The van der Waals surface area contributed by atoms with Crippen LogP contribution in [0.25, 0.3) is 0 Å². The molecule has 5 heteroatoms. The smallest absolute Gasteiger partial charge is 0.407 e. The maximum Gasteiger partial charge on any atom is 0.407 e. The Morgan fingerprint density at radius 2 is 2.15 bits per heavy atom. The molecule has 1 amide bonds. The summed E-state index contributed by atoms with van der Waals surface area (Å²) < 4.78 is 4.84. The normalized spacial score (nSPS) is 11.4. The molecule has 0 bridgehead atoms. The molecule has 20 heavy (non-hydrogen) atoms. The van der Waals surface area contributed by atoms with E-state index >= 15 is 0 Å². The maximum absolute atomic E-state index is 11.6. The molecule has 0 radical (unpaired) electrons. The van der Waals surface area contributed by atoms with Gasteiger partial charge >= 0.3 is 12.1 Å². The maximum atomic E-state index is 11.6. The number of nitrogens with one attached hydrogen (secondary N) is 1. The van der Waals surface area contributed by atoms with Gasteiger partial charge in [-0.15, -0.1) is 0 Å². The quantitative estimate of drug-likeness (QED) is 0.751. The number of hydrogen-bond donors (Lipinski definition) is 2. The van der Waals surface area contributed by atoms with Gasteiger partial charge in [-0.05, 0) is 17.5 Å². The Kier molecular flexibility index (Phi) is 6.29. The van der Waals surface area contributed by atoms with Gasteiger partial charge in [0.1, 0.15) is 6.61 Å². The van der Waals surface area contributed by atoms with Crippen LogP contribution < -0.4 is 5.32 Å². The summed E-state index contributed by atoms with van der Waals surface area (Å²) in [7, 11) is 0. The van der Waals surface area contributed by atoms with Gasteiger partial charge in [0.2, 0.25) is 0 Å². The lowest BCUT2D eigenvalue weighted by Gasteiger charge is -2.19. The van der Waals surface area contributed by atoms with Crippen LogP contribution in [0.3, 0.4) is 0 Å². The van der Waals surface area contributed by atoms with Crippen molar-refractivity contribution in [2.45, 2.75) is 25.8 Å². The largest absolute Gasteiger partial charge is 0.481 e. The van der Waals surface area contributed by atoms with Crippen LogP contribution >= 0.6 is 0 Å². The van der Waals surface area contributed by atoms with Crippen molar-refractivity contribution in [1.82, 2.24) is 5.32 Å². The third-order valence-corrected chi connectivity index (χ3v) is 2.81. The van der Waals surface area contributed by atoms with E-state index in [4.69, 9.17) is 9.84 Å². The van der Waals surface area contributed by atoms with Gasteiger partial charge in [0.05, 0.1) is 12.5 Å². The molecule has 0 heterocycles. The number of aryl methyl sites for hydroxylation is 1. The number of carboxylic acid groups (broad SMARTS) is 1. The summed E-state index contributed by atoms with van der Waals surface area (Å²) in [5, 5.41) is 11.6. The van der Waals surface area contributed by atoms with Crippen LogP contribution in [0.4, 0.5) is 4.79 Å². The van der Waals surface area contributed by atoms with Gasteiger partial charge < -0.3 is 15.2 Å². The summed E-state index contributed by atoms with van der Waals surface area (Å²) in [6.07, 6.45) is 1.36. The Balaban J connectivity index is 2.90. The lowest BCUT2D eigenvalue weighted by Crippen LogP contribution is -2.31. The van der Waals surface area contributed by atoms with E-state index in [1.54, 1.807) is 0 Å². The topological polar surface area (TPSA) is 75.6 Å². The molecule has 1 unspecified atom stereocenters. The molecule has 0 fully saturated rings. The van der Waals surface area contributed by atoms with Gasteiger partial charge in [0.15, 0.2) is 0 Å². The first kappa shape index (κ1) is 15.8. The molecule has 108 valence electrons. The Morgan fingerprint density at radius 3 is 2.75 bits per heavy atom. The minimum Gasteiger partial charge on any atom is -0.481 e. The minimum atomic E-state index is -0.982. The molecule has 1 atom stereocenters. The summed E-state index contributed by atoms with van der Waals surface area (Å²) in [5.74, 6) is -0.982. The third-order valence-electron chi connectivity index (χ3n) is 2.81. The Labute approximate surface area is 118 Å². The number of rotatable bonds is 7. The highest BCUT2D eigenvalue weighted by Crippen LogP contribution is 2.22. The number of hydrogen-bond acceptors (Lipinski definition) is 3. The Morgan fingerprint density at radius 1 is 1.45 bits per heavy atom. The number of aliphatic carboxylic acids is 1. The third kappa shape index (κ3) is 4.76. The average Bonchev–Trinajstić information content (AvgIpc) is 2.43. The Bertz CT molecular complexity index is 485. The van der Waals surface area contributed by atoms with E-state index in [2.05, 4.69) is 11.9 Å². The van der Waals surface area contributed by atoms with Crippen molar-refractivity contribution in [3.05, 3.63) is 48.0 Å². The Hall–Kier alpha value is -2.30. The molecule has 1 aromatic carbocycles. The molecule has 0 spiro atoms. The van der Waals surface area contributed by atoms with Gasteiger partial charge in [-0.3, -0.25) is 4.79 Å². The molecule has 1 rings (SSSR count). The molecule has 0 aliphatic carbocycles. The van der Waals surface area contributed by atoms with E-state index < -0.39 is 18.1 Å². The predicted octanol–water partition coefficient (Wildman–Crippen LogP) is 2.68. The van der Waals surface area contributed by atoms with Crippen LogP contribution in [-0.2, 0) is 16.0 Å². The van der Waals surface area contributed by atoms with E-state index in [0.29, 0.717) is 0 Å². The fraction of sp³-hybridized carbons (Fsp3) is 0.333. The highest BCUT2D eigenvalue weighted by atomic mass is 16.5. The van der Waals surface area contributed by atoms with Crippen molar-refractivity contribution in [2.75, 3.05) is 6.61 Å². The van der Waals surface area contributed by atoms with Gasteiger partial charge in [0, 0.05) is 0 Å². The van der Waals surface area contributed by atoms with Crippen molar-refractivity contribution in [3.8, 4) is 0 Å². The van der Waals surface area contributed by atoms with Crippen LogP contribution in [0.1, 0.15) is 30.5 Å². The van der Waals surface area contributed by atoms with Crippen molar-refractivity contribution in [1.29, 1.82) is 0 Å². The number of benzene rings is 1. The van der Waals surface area contributed by atoms with Crippen molar-refractivity contribution in [2.24, 2.45) is 0 Å². The van der Waals surface area contributed by atoms with E-state index in [1.165, 1.54) is 6.08 Å². The minimum absolute atomic E-state index is 0.0844. The van der Waals surface area contributed by atoms with E-state index in [0.717, 1.165) is 17.5 Å². The standard InChI is InChI=1S/C15H19NO4/c1-3-9-20-15(19)16-13(10-14(17)18)12-8-6-5-7-11(12)4-2/h3,5-8,13H,1,4,9-10H2,2H3,(H,16,19)(H,17,18). The number of ether oxygens (including phenoxy) is 1. The lowest BCUT2D eigenvalue weighted by molar-refractivity contribution is -0.137. The number of carboxylic acids is 1. The monoisotopic (exact) mass is 277 g/mol. The zero-order chi connectivity index (χ0) is 15.0. The first-order chi connectivity index (χ1) is 9.58. The molecular formula is C15H19NO4. The lowest BCUT2D eigenvalue weighted by atomic mass is 9.96. The van der Waals surface area contributed by atoms with Crippen LogP contribution in [0.15, 0.2) is 36.9 Å². The molecule has 0 saturated heterocycles. The molecule has 1 aromatic rings. The van der Waals surface area contributed by atoms with Crippen molar-refractivity contribution < 1.29 is 19.4 Å². The molecule has 0 saturated carbocycles. The predicted molar refractivity (Wildman–Crippen MR) is 75.5 cm³/mol. The van der Waals surface area contributed by atoms with Crippen LogP contribution in [0, 0.1) is 0 Å². The summed E-state index contributed by atoms with van der Waals surface area (Å²) in [6, 6.07) is 6.83. The second kappa shape index (κ2) is 7.99. The first-order valence-electron chi connectivity index (χ1n) is 6.42. The molecule has 0 aliphatic heterocycles. The summed E-state index contributed by atoms with van der Waals surface area (Å²) in [5.41, 5.74) is 1.80. The SMILES string of the molecule is C=CCOC(=O)NC(CC(=O)O)c1ccccc1CC. The summed E-state index contributed by atoms with van der Waals surface area (Å²) in [6.45, 7) is 5.51. The summed E-state index contributed by atoms with van der Waals surface area (Å²) >= 11 is 0. The molecule has 0 aromatic heterocycles. The van der Waals surface area contributed by atoms with Crippen LogP contribution in [-0.4, -0.2) is 23.8 Å². The van der Waals surface area contributed by atoms with Gasteiger partial charge in [-0.25, -0.2) is 4.79 Å². The zero-order valence-corrected chi connectivity index (χ0v) is 11.5. The van der Waals surface area contributed by atoms with Crippen molar-refractivity contribution in [3.63, 3.8) is 0 Å². The van der Waals surface area contributed by atoms with E-state index in [-0.39, 0.29) is 13.0 Å². The number of alkyl carbamates (subject to hydrolysis) is 1. The van der Waals surface area contributed by atoms with Gasteiger partial charge in [0.25, 0.3) is 0 Å². The van der Waals surface area contributed by atoms with Crippen molar-refractivity contribution >= 4 is 12.1 Å². The summed E-state index contributed by atoms with van der Waals surface area (Å²) in [4.78, 5) is 22.6. The molecule has 5 nitrogen and oxygen atoms in total. The molecule has 2 N–H and O–H groups in total. The number of carbonyl (C=O) groups is 2. The number of carbonyl (C=O) groups excluding carboxylic acids is 1. The highest BCUT2D eigenvalue weighted by Gasteiger charge is 2.20. The zero-order valence-electron chi connectivity index (χ0n) is 11.5. The average molecular weight is 277 g/mol. The number of amides is 1. The van der Waals surface area contributed by atoms with E-state index in [1.807, 2.05) is 31.2 Å². The molecule has 0 aliphatic rings. The molecular weight excluding hydrogens is 258 g/mol.